The van der Waals surface area contributed by atoms with Gasteiger partial charge >= 0.3 is 0 Å². The average molecular weight is 242 g/mol. The number of hydrogen-bond donors (Lipinski definition) is 1. The van der Waals surface area contributed by atoms with Crippen molar-refractivity contribution in [3.05, 3.63) is 0 Å². The minimum atomic E-state index is 0.250. The van der Waals surface area contributed by atoms with Gasteiger partial charge in [-0.3, -0.25) is 4.79 Å². The molecule has 0 radical (unpaired) electrons. The smallest absolute Gasteiger partial charge is 0.222 e. The molecule has 1 aliphatic heterocycles. The van der Waals surface area contributed by atoms with E-state index >= 15 is 0 Å². The summed E-state index contributed by atoms with van der Waals surface area (Å²) in [7, 11) is 1.67. The zero-order chi connectivity index (χ0) is 12.8. The molecule has 0 aromatic rings. The van der Waals surface area contributed by atoms with Crippen LogP contribution in [0.1, 0.15) is 26.7 Å². The fourth-order valence-corrected chi connectivity index (χ4v) is 2.45. The third kappa shape index (κ3) is 4.28. The quantitative estimate of drug-likeness (QED) is 0.785. The number of nitrogens with zero attached hydrogens (tertiary/aromatic N) is 1. The molecule has 3 unspecified atom stereocenters. The molecule has 0 aliphatic carbocycles. The van der Waals surface area contributed by atoms with Crippen molar-refractivity contribution in [1.29, 1.82) is 0 Å². The Hall–Kier alpha value is -0.610. The number of nitrogens with two attached hydrogens (primary N) is 1. The highest BCUT2D eigenvalue weighted by Gasteiger charge is 2.28. The van der Waals surface area contributed by atoms with Gasteiger partial charge in [0.05, 0.1) is 0 Å². The summed E-state index contributed by atoms with van der Waals surface area (Å²) >= 11 is 0. The second-order valence-electron chi connectivity index (χ2n) is 5.37. The van der Waals surface area contributed by atoms with E-state index in [-0.39, 0.29) is 5.91 Å². The predicted molar refractivity (Wildman–Crippen MR) is 68.6 cm³/mol. The van der Waals surface area contributed by atoms with E-state index in [4.69, 9.17) is 10.5 Å². The van der Waals surface area contributed by atoms with Crippen LogP contribution < -0.4 is 5.73 Å². The molecule has 4 nitrogen and oxygen atoms in total. The summed E-state index contributed by atoms with van der Waals surface area (Å²) in [5, 5.41) is 0. The maximum atomic E-state index is 12.1. The Bertz CT molecular complexity index is 246. The first-order valence-electron chi connectivity index (χ1n) is 6.55. The van der Waals surface area contributed by atoms with E-state index in [2.05, 4.69) is 6.92 Å². The van der Waals surface area contributed by atoms with Gasteiger partial charge in [-0.2, -0.15) is 0 Å². The Labute approximate surface area is 104 Å². The van der Waals surface area contributed by atoms with Crippen LogP contribution in [-0.4, -0.2) is 44.2 Å². The molecule has 1 amide bonds. The normalized spacial score (nSPS) is 26.9. The summed E-state index contributed by atoms with van der Waals surface area (Å²) in [6, 6.07) is 0. The summed E-state index contributed by atoms with van der Waals surface area (Å²) in [6.07, 6.45) is 1.66. The number of ether oxygens (including phenoxy) is 1. The minimum absolute atomic E-state index is 0.250. The summed E-state index contributed by atoms with van der Waals surface area (Å²) < 4.78 is 5.06. The molecule has 1 saturated heterocycles. The van der Waals surface area contributed by atoms with Crippen LogP contribution >= 0.6 is 0 Å². The Kier molecular flexibility index (Phi) is 5.92. The van der Waals surface area contributed by atoms with Crippen LogP contribution in [0, 0.1) is 17.8 Å². The van der Waals surface area contributed by atoms with Gasteiger partial charge in [0.1, 0.15) is 0 Å². The molecular weight excluding hydrogens is 216 g/mol. The van der Waals surface area contributed by atoms with E-state index in [1.165, 1.54) is 0 Å². The van der Waals surface area contributed by atoms with Crippen molar-refractivity contribution in [1.82, 2.24) is 4.90 Å². The van der Waals surface area contributed by atoms with Gasteiger partial charge < -0.3 is 15.4 Å². The van der Waals surface area contributed by atoms with Gasteiger partial charge in [-0.1, -0.05) is 13.8 Å². The molecule has 1 fully saturated rings. The van der Waals surface area contributed by atoms with Crippen LogP contribution in [0.25, 0.3) is 0 Å². The number of piperidine rings is 1. The summed E-state index contributed by atoms with van der Waals surface area (Å²) in [5.41, 5.74) is 5.75. The lowest BCUT2D eigenvalue weighted by atomic mass is 9.87. The zero-order valence-electron chi connectivity index (χ0n) is 11.3. The Morgan fingerprint density at radius 2 is 2.29 bits per heavy atom. The number of methoxy groups -OCH3 is 1. The SMILES string of the molecule is COCC(C)CC(=O)N1CCC(C)C(CN)C1. The van der Waals surface area contributed by atoms with E-state index in [0.29, 0.717) is 37.3 Å². The molecular formula is C13H26N2O2. The second-order valence-corrected chi connectivity index (χ2v) is 5.37. The van der Waals surface area contributed by atoms with E-state index < -0.39 is 0 Å². The molecule has 4 heteroatoms. The van der Waals surface area contributed by atoms with Gasteiger partial charge in [0, 0.05) is 33.2 Å². The largest absolute Gasteiger partial charge is 0.384 e. The molecule has 0 bridgehead atoms. The van der Waals surface area contributed by atoms with Crippen LogP contribution in [0.4, 0.5) is 0 Å². The third-order valence-corrected chi connectivity index (χ3v) is 3.74. The van der Waals surface area contributed by atoms with Gasteiger partial charge in [0.2, 0.25) is 5.91 Å². The van der Waals surface area contributed by atoms with Crippen molar-refractivity contribution >= 4 is 5.91 Å². The Balaban J connectivity index is 2.42. The molecule has 0 saturated carbocycles. The van der Waals surface area contributed by atoms with E-state index in [1.807, 2.05) is 11.8 Å². The maximum Gasteiger partial charge on any atom is 0.222 e. The van der Waals surface area contributed by atoms with Crippen molar-refractivity contribution in [2.24, 2.45) is 23.5 Å². The maximum absolute atomic E-state index is 12.1. The van der Waals surface area contributed by atoms with Crippen LogP contribution in [0.15, 0.2) is 0 Å². The highest BCUT2D eigenvalue weighted by molar-refractivity contribution is 5.76. The fourth-order valence-electron chi connectivity index (χ4n) is 2.45. The number of carbonyl (C=O) groups excluding carboxylic acids is 1. The number of likely N-dealkylation sites (tertiary alicyclic amines) is 1. The highest BCUT2D eigenvalue weighted by Crippen LogP contribution is 2.23. The average Bonchev–Trinajstić information content (AvgIpc) is 2.29. The van der Waals surface area contributed by atoms with E-state index in [9.17, 15) is 4.79 Å². The molecule has 1 aliphatic rings. The molecule has 0 aromatic heterocycles. The van der Waals surface area contributed by atoms with Crippen molar-refractivity contribution in [3.63, 3.8) is 0 Å². The first-order chi connectivity index (χ1) is 8.08. The van der Waals surface area contributed by atoms with E-state index in [1.54, 1.807) is 7.11 Å². The number of amides is 1. The first kappa shape index (κ1) is 14.5. The minimum Gasteiger partial charge on any atom is -0.384 e. The lowest BCUT2D eigenvalue weighted by molar-refractivity contribution is -0.134. The van der Waals surface area contributed by atoms with Crippen LogP contribution in [0.2, 0.25) is 0 Å². The van der Waals surface area contributed by atoms with Crippen LogP contribution in [0.3, 0.4) is 0 Å². The van der Waals surface area contributed by atoms with Crippen molar-refractivity contribution in [3.8, 4) is 0 Å². The fraction of sp³-hybridized carbons (Fsp3) is 0.923. The second kappa shape index (κ2) is 6.97. The van der Waals surface area contributed by atoms with Crippen LogP contribution in [0.5, 0.6) is 0 Å². The molecule has 1 rings (SSSR count). The van der Waals surface area contributed by atoms with Gasteiger partial charge in [-0.05, 0) is 30.7 Å². The summed E-state index contributed by atoms with van der Waals surface area (Å²) in [4.78, 5) is 14.1. The van der Waals surface area contributed by atoms with Crippen LogP contribution in [-0.2, 0) is 9.53 Å². The topological polar surface area (TPSA) is 55.6 Å². The van der Waals surface area contributed by atoms with Gasteiger partial charge in [-0.15, -0.1) is 0 Å². The summed E-state index contributed by atoms with van der Waals surface area (Å²) in [6.45, 7) is 7.32. The number of carbonyl (C=O) groups is 1. The van der Waals surface area contributed by atoms with Gasteiger partial charge in [0.25, 0.3) is 0 Å². The lowest BCUT2D eigenvalue weighted by Crippen LogP contribution is -2.45. The predicted octanol–water partition coefficient (Wildman–Crippen LogP) is 1.10. The first-order valence-corrected chi connectivity index (χ1v) is 6.55. The van der Waals surface area contributed by atoms with Crippen molar-refractivity contribution in [2.45, 2.75) is 26.7 Å². The molecule has 100 valence electrons. The Morgan fingerprint density at radius 3 is 2.88 bits per heavy atom. The molecule has 1 heterocycles. The van der Waals surface area contributed by atoms with Crippen molar-refractivity contribution in [2.75, 3.05) is 33.4 Å². The lowest BCUT2D eigenvalue weighted by Gasteiger charge is -2.37. The molecule has 17 heavy (non-hydrogen) atoms. The molecule has 0 aromatic carbocycles. The van der Waals surface area contributed by atoms with Gasteiger partial charge in [-0.25, -0.2) is 0 Å². The highest BCUT2D eigenvalue weighted by atomic mass is 16.5. The standard InChI is InChI=1S/C13H26N2O2/c1-10(9-17-3)6-13(16)15-5-4-11(2)12(7-14)8-15/h10-12H,4-9,14H2,1-3H3. The Morgan fingerprint density at radius 1 is 1.59 bits per heavy atom. The third-order valence-electron chi connectivity index (χ3n) is 3.74. The number of rotatable bonds is 5. The zero-order valence-corrected chi connectivity index (χ0v) is 11.3. The van der Waals surface area contributed by atoms with Crippen molar-refractivity contribution < 1.29 is 9.53 Å². The van der Waals surface area contributed by atoms with E-state index in [0.717, 1.165) is 19.5 Å². The molecule has 0 spiro atoms. The molecule has 2 N–H and O–H groups in total. The number of hydrogen-bond acceptors (Lipinski definition) is 3. The monoisotopic (exact) mass is 242 g/mol. The van der Waals surface area contributed by atoms with Gasteiger partial charge in [0.15, 0.2) is 0 Å². The molecule has 3 atom stereocenters. The summed E-state index contributed by atoms with van der Waals surface area (Å²) in [5.74, 6) is 1.65.